The lowest BCUT2D eigenvalue weighted by atomic mass is 10.1. The van der Waals surface area contributed by atoms with Gasteiger partial charge in [-0.3, -0.25) is 9.59 Å². The molecule has 0 aliphatic rings. The summed E-state index contributed by atoms with van der Waals surface area (Å²) in [6, 6.07) is 15.7. The second kappa shape index (κ2) is 13.6. The number of hydrogen-bond donors (Lipinski definition) is 3. The molecule has 0 saturated carbocycles. The molecule has 0 radical (unpaired) electrons. The number of nitrogens with one attached hydrogen (secondary N) is 3. The van der Waals surface area contributed by atoms with Crippen LogP contribution in [0, 0.1) is 0 Å². The van der Waals surface area contributed by atoms with Crippen LogP contribution in [0.4, 0.5) is 5.69 Å². The number of nitrogens with zero attached hydrogens (tertiary/aromatic N) is 1. The predicted molar refractivity (Wildman–Crippen MR) is 154 cm³/mol. The molecule has 37 heavy (non-hydrogen) atoms. The van der Waals surface area contributed by atoms with Crippen LogP contribution < -0.4 is 10.6 Å². The Bertz CT molecular complexity index is 1390. The van der Waals surface area contributed by atoms with Crippen LogP contribution in [0.5, 0.6) is 0 Å². The van der Waals surface area contributed by atoms with Gasteiger partial charge in [-0.15, -0.1) is 11.3 Å². The van der Waals surface area contributed by atoms with E-state index < -0.39 is 0 Å². The van der Waals surface area contributed by atoms with Gasteiger partial charge in [-0.2, -0.15) is 0 Å². The molecule has 190 valence electrons. The Labute approximate surface area is 230 Å². The second-order valence-electron chi connectivity index (χ2n) is 7.35. The van der Waals surface area contributed by atoms with Gasteiger partial charge in [0.2, 0.25) is 0 Å². The zero-order valence-corrected chi connectivity index (χ0v) is 22.8. The average Bonchev–Trinajstić information content (AvgIpc) is 3.59. The molecule has 0 aliphatic heterocycles. The Morgan fingerprint density at radius 2 is 1.68 bits per heavy atom. The van der Waals surface area contributed by atoms with E-state index in [4.69, 9.17) is 23.2 Å². The monoisotopic (exact) mass is 552 g/mol. The highest BCUT2D eigenvalue weighted by molar-refractivity contribution is 7.12. The summed E-state index contributed by atoms with van der Waals surface area (Å²) < 4.78 is 0. The number of halogens is 2. The van der Waals surface area contributed by atoms with Gasteiger partial charge in [0, 0.05) is 16.9 Å². The van der Waals surface area contributed by atoms with Crippen molar-refractivity contribution in [3.05, 3.63) is 110 Å². The van der Waals surface area contributed by atoms with Gasteiger partial charge in [0.1, 0.15) is 5.82 Å². The zero-order chi connectivity index (χ0) is 26.8. The van der Waals surface area contributed by atoms with Crippen molar-refractivity contribution in [2.45, 2.75) is 20.8 Å². The van der Waals surface area contributed by atoms with Crippen molar-refractivity contribution in [1.82, 2.24) is 15.3 Å². The lowest BCUT2D eigenvalue weighted by Crippen LogP contribution is -2.20. The fraction of sp³-hybridized carbons (Fsp3) is 0.107. The molecule has 3 N–H and O–H groups in total. The Balaban J connectivity index is 0.00000186. The molecule has 0 spiro atoms. The number of imidazole rings is 1. The molecule has 0 saturated heterocycles. The number of hydrogen-bond acceptors (Lipinski definition) is 4. The first-order valence-electron chi connectivity index (χ1n) is 11.5. The molecule has 4 rings (SSSR count). The SMILES string of the molecule is C/C=C\C(=C/c1cnc(-c2ccc(NC(=O)c3c(Cl)cccc3Cl)cc2)[nH]1)NC(=O)c1cccs1.CC. The molecular formula is C28H26Cl2N4O2S. The Morgan fingerprint density at radius 1 is 0.973 bits per heavy atom. The largest absolute Gasteiger partial charge is 0.338 e. The number of H-pyrrole nitrogens is 1. The molecule has 0 atom stereocenters. The molecule has 2 amide bonds. The maximum absolute atomic E-state index is 12.6. The number of allylic oxidation sites excluding steroid dienone is 2. The molecular weight excluding hydrogens is 527 g/mol. The van der Waals surface area contributed by atoms with Crippen LogP contribution >= 0.6 is 34.5 Å². The van der Waals surface area contributed by atoms with E-state index >= 15 is 0 Å². The van der Waals surface area contributed by atoms with Crippen LogP contribution in [0.2, 0.25) is 10.0 Å². The number of benzene rings is 2. The summed E-state index contributed by atoms with van der Waals surface area (Å²) >= 11 is 13.6. The first-order valence-corrected chi connectivity index (χ1v) is 13.2. The smallest absolute Gasteiger partial charge is 0.265 e. The molecule has 0 fully saturated rings. The summed E-state index contributed by atoms with van der Waals surface area (Å²) in [7, 11) is 0. The van der Waals surface area contributed by atoms with Crippen molar-refractivity contribution in [1.29, 1.82) is 0 Å². The molecule has 0 unspecified atom stereocenters. The van der Waals surface area contributed by atoms with Crippen LogP contribution in [-0.4, -0.2) is 21.8 Å². The highest BCUT2D eigenvalue weighted by Crippen LogP contribution is 2.26. The number of carbonyl (C=O) groups is 2. The Morgan fingerprint density at radius 3 is 2.30 bits per heavy atom. The number of aromatic nitrogens is 2. The fourth-order valence-corrected chi connectivity index (χ4v) is 4.44. The molecule has 6 nitrogen and oxygen atoms in total. The highest BCUT2D eigenvalue weighted by Gasteiger charge is 2.15. The number of rotatable bonds is 7. The fourth-order valence-electron chi connectivity index (χ4n) is 3.25. The van der Waals surface area contributed by atoms with Crippen molar-refractivity contribution < 1.29 is 9.59 Å². The standard InChI is InChI=1S/C26H20Cl2N4O2S.C2H6/c1-2-5-18(32-25(33)22-8-4-13-35-22)14-19-15-29-24(30-19)16-9-11-17(12-10-16)31-26(34)23-20(27)6-3-7-21(23)28;1-2/h2-15H,1H3,(H,29,30)(H,31,34)(H,32,33);1-2H3/b5-2-,18-14+;. The van der Waals surface area contributed by atoms with Crippen molar-refractivity contribution in [2.75, 3.05) is 5.32 Å². The molecule has 2 heterocycles. The number of anilines is 1. The van der Waals surface area contributed by atoms with E-state index in [-0.39, 0.29) is 27.4 Å². The van der Waals surface area contributed by atoms with Crippen molar-refractivity contribution in [2.24, 2.45) is 0 Å². The van der Waals surface area contributed by atoms with E-state index in [0.29, 0.717) is 22.1 Å². The summed E-state index contributed by atoms with van der Waals surface area (Å²) in [5, 5.41) is 8.13. The highest BCUT2D eigenvalue weighted by atomic mass is 35.5. The van der Waals surface area contributed by atoms with E-state index in [9.17, 15) is 9.59 Å². The lowest BCUT2D eigenvalue weighted by molar-refractivity contribution is 0.0970. The summed E-state index contributed by atoms with van der Waals surface area (Å²) in [6.45, 7) is 5.88. The summed E-state index contributed by atoms with van der Waals surface area (Å²) in [5.74, 6) is 0.0902. The third-order valence-corrected chi connectivity index (χ3v) is 6.36. The third kappa shape index (κ3) is 7.43. The molecule has 0 bridgehead atoms. The number of carbonyl (C=O) groups excluding carboxylic acids is 2. The van der Waals surface area contributed by atoms with Crippen LogP contribution in [0.3, 0.4) is 0 Å². The number of amides is 2. The van der Waals surface area contributed by atoms with E-state index in [1.54, 1.807) is 42.6 Å². The molecule has 2 aromatic heterocycles. The van der Waals surface area contributed by atoms with Gasteiger partial charge in [-0.25, -0.2) is 4.98 Å². The second-order valence-corrected chi connectivity index (χ2v) is 9.11. The van der Waals surface area contributed by atoms with Crippen LogP contribution in [0.25, 0.3) is 17.5 Å². The van der Waals surface area contributed by atoms with Gasteiger partial charge in [-0.1, -0.05) is 55.3 Å². The van der Waals surface area contributed by atoms with E-state index in [2.05, 4.69) is 20.6 Å². The van der Waals surface area contributed by atoms with Gasteiger partial charge in [-0.05, 0) is 66.9 Å². The van der Waals surface area contributed by atoms with E-state index in [1.807, 2.05) is 62.6 Å². The number of thiophene rings is 1. The van der Waals surface area contributed by atoms with Gasteiger partial charge < -0.3 is 15.6 Å². The van der Waals surface area contributed by atoms with Gasteiger partial charge in [0.05, 0.1) is 32.4 Å². The molecule has 2 aromatic carbocycles. The first-order chi connectivity index (χ1) is 17.9. The summed E-state index contributed by atoms with van der Waals surface area (Å²) in [5.41, 5.74) is 3.01. The summed E-state index contributed by atoms with van der Waals surface area (Å²) in [6.07, 6.45) is 7.16. The third-order valence-electron chi connectivity index (χ3n) is 4.86. The minimum atomic E-state index is -0.389. The van der Waals surface area contributed by atoms with Crippen LogP contribution in [0.15, 0.2) is 84.0 Å². The van der Waals surface area contributed by atoms with Gasteiger partial charge in [0.15, 0.2) is 0 Å². The molecule has 9 heteroatoms. The minimum Gasteiger partial charge on any atom is -0.338 e. The zero-order valence-electron chi connectivity index (χ0n) is 20.5. The predicted octanol–water partition coefficient (Wildman–Crippen LogP) is 8.07. The quantitative estimate of drug-likeness (QED) is 0.202. The lowest BCUT2D eigenvalue weighted by Gasteiger charge is -2.09. The average molecular weight is 554 g/mol. The first kappa shape index (κ1) is 27.9. The Hall–Kier alpha value is -3.65. The minimum absolute atomic E-state index is 0.167. The van der Waals surface area contributed by atoms with Crippen molar-refractivity contribution in [3.63, 3.8) is 0 Å². The van der Waals surface area contributed by atoms with Crippen LogP contribution in [-0.2, 0) is 0 Å². The maximum Gasteiger partial charge on any atom is 0.265 e. The molecule has 0 aliphatic carbocycles. The normalized spacial score (nSPS) is 11.1. The Kier molecular flexibility index (Phi) is 10.3. The maximum atomic E-state index is 12.6. The van der Waals surface area contributed by atoms with E-state index in [1.165, 1.54) is 11.3 Å². The van der Waals surface area contributed by atoms with Crippen LogP contribution in [0.1, 0.15) is 46.5 Å². The van der Waals surface area contributed by atoms with E-state index in [0.717, 1.165) is 11.3 Å². The number of aromatic amines is 1. The molecule has 4 aromatic rings. The van der Waals surface area contributed by atoms with Gasteiger partial charge >= 0.3 is 0 Å². The topological polar surface area (TPSA) is 86.9 Å². The van der Waals surface area contributed by atoms with Crippen molar-refractivity contribution >= 4 is 58.1 Å². The van der Waals surface area contributed by atoms with Gasteiger partial charge in [0.25, 0.3) is 11.8 Å². The van der Waals surface area contributed by atoms with Crippen molar-refractivity contribution in [3.8, 4) is 11.4 Å². The summed E-state index contributed by atoms with van der Waals surface area (Å²) in [4.78, 5) is 33.3.